The molecule has 0 aliphatic heterocycles. The maximum Gasteiger partial charge on any atom is 0.251 e. The van der Waals surface area contributed by atoms with Gasteiger partial charge in [0.05, 0.1) is 11.0 Å². The Morgan fingerprint density at radius 2 is 1.97 bits per heavy atom. The molecule has 0 fully saturated rings. The Morgan fingerprint density at radius 3 is 2.77 bits per heavy atom. The summed E-state index contributed by atoms with van der Waals surface area (Å²) in [6, 6.07) is 15.9. The van der Waals surface area contributed by atoms with Crippen molar-refractivity contribution in [3.8, 4) is 0 Å². The Hall–Kier alpha value is -3.35. The van der Waals surface area contributed by atoms with Gasteiger partial charge in [-0.05, 0) is 50.1 Å². The number of aromatic nitrogens is 2. The Bertz CT molecular complexity index is 1020. The van der Waals surface area contributed by atoms with E-state index in [4.69, 9.17) is 0 Å². The molecule has 7 nitrogen and oxygen atoms in total. The molecule has 30 heavy (non-hydrogen) atoms. The molecule has 0 saturated carbocycles. The minimum atomic E-state index is -0.0716. The van der Waals surface area contributed by atoms with Crippen LogP contribution in [0, 0.1) is 6.92 Å². The fraction of sp³-hybridized carbons (Fsp3) is 0.348. The van der Waals surface area contributed by atoms with Gasteiger partial charge in [0.1, 0.15) is 5.82 Å². The SMILES string of the molecule is CCNC(=NCCc1cccc(C(=O)NC)c1)NCCn1c(C)nc2ccccc21. The Kier molecular flexibility index (Phi) is 7.43. The van der Waals surface area contributed by atoms with E-state index in [9.17, 15) is 4.79 Å². The number of aryl methyl sites for hydroxylation is 1. The molecule has 3 N–H and O–H groups in total. The predicted octanol–water partition coefficient (Wildman–Crippen LogP) is 2.50. The van der Waals surface area contributed by atoms with E-state index >= 15 is 0 Å². The molecule has 0 unspecified atom stereocenters. The molecule has 7 heteroatoms. The van der Waals surface area contributed by atoms with Crippen molar-refractivity contribution in [1.82, 2.24) is 25.5 Å². The average molecular weight is 407 g/mol. The molecule has 3 rings (SSSR count). The Morgan fingerprint density at radius 1 is 1.13 bits per heavy atom. The first-order valence-electron chi connectivity index (χ1n) is 10.4. The summed E-state index contributed by atoms with van der Waals surface area (Å²) in [5.74, 6) is 1.73. The first-order valence-corrected chi connectivity index (χ1v) is 10.4. The number of benzene rings is 2. The van der Waals surface area contributed by atoms with E-state index in [0.717, 1.165) is 54.4 Å². The summed E-state index contributed by atoms with van der Waals surface area (Å²) in [5.41, 5.74) is 3.94. The molecule has 1 heterocycles. The molecule has 0 aliphatic rings. The van der Waals surface area contributed by atoms with Crippen molar-refractivity contribution in [2.24, 2.45) is 4.99 Å². The highest BCUT2D eigenvalue weighted by Gasteiger charge is 2.07. The fourth-order valence-corrected chi connectivity index (χ4v) is 3.42. The van der Waals surface area contributed by atoms with Crippen molar-refractivity contribution in [3.63, 3.8) is 0 Å². The van der Waals surface area contributed by atoms with Crippen LogP contribution in [-0.4, -0.2) is 48.1 Å². The first kappa shape index (κ1) is 21.4. The van der Waals surface area contributed by atoms with Gasteiger partial charge in [0, 0.05) is 38.8 Å². The molecule has 158 valence electrons. The smallest absolute Gasteiger partial charge is 0.251 e. The van der Waals surface area contributed by atoms with Crippen molar-refractivity contribution < 1.29 is 4.79 Å². The number of aliphatic imine (C=N–C) groups is 1. The highest BCUT2D eigenvalue weighted by Crippen LogP contribution is 2.14. The number of para-hydroxylation sites is 2. The van der Waals surface area contributed by atoms with Crippen LogP contribution in [-0.2, 0) is 13.0 Å². The summed E-state index contributed by atoms with van der Waals surface area (Å²) in [6.45, 7) is 7.08. The third-order valence-electron chi connectivity index (χ3n) is 4.90. The van der Waals surface area contributed by atoms with Crippen molar-refractivity contribution in [1.29, 1.82) is 0 Å². The maximum atomic E-state index is 11.8. The quantitative estimate of drug-likeness (QED) is 0.396. The second-order valence-corrected chi connectivity index (χ2v) is 7.02. The predicted molar refractivity (Wildman–Crippen MR) is 122 cm³/mol. The van der Waals surface area contributed by atoms with Gasteiger partial charge in [0.15, 0.2) is 5.96 Å². The number of hydrogen-bond donors (Lipinski definition) is 3. The lowest BCUT2D eigenvalue weighted by Crippen LogP contribution is -2.39. The highest BCUT2D eigenvalue weighted by atomic mass is 16.1. The zero-order valence-electron chi connectivity index (χ0n) is 17.9. The van der Waals surface area contributed by atoms with E-state index in [2.05, 4.69) is 43.5 Å². The molecule has 3 aromatic rings. The number of nitrogens with zero attached hydrogens (tertiary/aromatic N) is 3. The molecule has 0 bridgehead atoms. The fourth-order valence-electron chi connectivity index (χ4n) is 3.42. The van der Waals surface area contributed by atoms with Crippen molar-refractivity contribution in [2.75, 3.05) is 26.7 Å². The standard InChI is InChI=1S/C23H30N6O/c1-4-25-23(26-13-12-18-8-7-9-19(16-18)22(30)24-3)27-14-15-29-17(2)28-20-10-5-6-11-21(20)29/h5-11,16H,4,12-15H2,1-3H3,(H,24,30)(H2,25,26,27). The molecule has 0 radical (unpaired) electrons. The van der Waals surface area contributed by atoms with E-state index in [0.29, 0.717) is 12.1 Å². The number of carbonyl (C=O) groups excluding carboxylic acids is 1. The zero-order chi connectivity index (χ0) is 21.3. The van der Waals surface area contributed by atoms with Crippen molar-refractivity contribution in [2.45, 2.75) is 26.8 Å². The Labute approximate surface area is 177 Å². The summed E-state index contributed by atoms with van der Waals surface area (Å²) in [6.07, 6.45) is 0.771. The number of nitrogens with one attached hydrogen (secondary N) is 3. The van der Waals surface area contributed by atoms with Crippen LogP contribution >= 0.6 is 0 Å². The van der Waals surface area contributed by atoms with E-state index in [1.165, 1.54) is 0 Å². The number of fused-ring (bicyclic) bond motifs is 1. The van der Waals surface area contributed by atoms with E-state index < -0.39 is 0 Å². The van der Waals surface area contributed by atoms with E-state index in [-0.39, 0.29) is 5.91 Å². The minimum Gasteiger partial charge on any atom is -0.357 e. The summed E-state index contributed by atoms with van der Waals surface area (Å²) in [4.78, 5) is 21.1. The average Bonchev–Trinajstić information content (AvgIpc) is 3.08. The van der Waals surface area contributed by atoms with Gasteiger partial charge in [0.25, 0.3) is 5.91 Å². The van der Waals surface area contributed by atoms with Gasteiger partial charge in [-0.15, -0.1) is 0 Å². The summed E-state index contributed by atoms with van der Waals surface area (Å²) in [5, 5.41) is 9.35. The van der Waals surface area contributed by atoms with Gasteiger partial charge in [-0.25, -0.2) is 4.98 Å². The molecule has 1 aromatic heterocycles. The number of rotatable bonds is 8. The number of hydrogen-bond acceptors (Lipinski definition) is 3. The van der Waals surface area contributed by atoms with Gasteiger partial charge in [-0.3, -0.25) is 9.79 Å². The van der Waals surface area contributed by atoms with Crippen LogP contribution in [0.1, 0.15) is 28.7 Å². The van der Waals surface area contributed by atoms with Crippen LogP contribution in [0.4, 0.5) is 0 Å². The number of guanidine groups is 1. The zero-order valence-corrected chi connectivity index (χ0v) is 17.9. The third-order valence-corrected chi connectivity index (χ3v) is 4.90. The van der Waals surface area contributed by atoms with Gasteiger partial charge >= 0.3 is 0 Å². The summed E-state index contributed by atoms with van der Waals surface area (Å²) in [7, 11) is 1.64. The lowest BCUT2D eigenvalue weighted by atomic mass is 10.1. The summed E-state index contributed by atoms with van der Waals surface area (Å²) < 4.78 is 2.22. The number of carbonyl (C=O) groups is 1. The van der Waals surface area contributed by atoms with Crippen LogP contribution in [0.5, 0.6) is 0 Å². The van der Waals surface area contributed by atoms with Crippen LogP contribution in [0.25, 0.3) is 11.0 Å². The molecular formula is C23H30N6O. The largest absolute Gasteiger partial charge is 0.357 e. The van der Waals surface area contributed by atoms with E-state index in [1.54, 1.807) is 7.05 Å². The highest BCUT2D eigenvalue weighted by molar-refractivity contribution is 5.94. The van der Waals surface area contributed by atoms with E-state index in [1.807, 2.05) is 49.4 Å². The lowest BCUT2D eigenvalue weighted by molar-refractivity contribution is 0.0963. The molecule has 1 amide bonds. The number of amides is 1. The molecule has 0 aliphatic carbocycles. The second-order valence-electron chi connectivity index (χ2n) is 7.02. The monoisotopic (exact) mass is 406 g/mol. The van der Waals surface area contributed by atoms with Crippen molar-refractivity contribution in [3.05, 3.63) is 65.5 Å². The van der Waals surface area contributed by atoms with Gasteiger partial charge in [-0.2, -0.15) is 0 Å². The summed E-state index contributed by atoms with van der Waals surface area (Å²) >= 11 is 0. The molecule has 0 saturated heterocycles. The van der Waals surface area contributed by atoms with Crippen LogP contribution in [0.15, 0.2) is 53.5 Å². The maximum absolute atomic E-state index is 11.8. The van der Waals surface area contributed by atoms with Crippen LogP contribution < -0.4 is 16.0 Å². The van der Waals surface area contributed by atoms with Gasteiger partial charge in [-0.1, -0.05) is 24.3 Å². The normalized spacial score (nSPS) is 11.5. The minimum absolute atomic E-state index is 0.0716. The van der Waals surface area contributed by atoms with Crippen molar-refractivity contribution >= 4 is 22.9 Å². The topological polar surface area (TPSA) is 83.3 Å². The molecule has 0 spiro atoms. The molecular weight excluding hydrogens is 376 g/mol. The van der Waals surface area contributed by atoms with Gasteiger partial charge in [0.2, 0.25) is 0 Å². The molecule has 2 aromatic carbocycles. The van der Waals surface area contributed by atoms with Crippen LogP contribution in [0.2, 0.25) is 0 Å². The lowest BCUT2D eigenvalue weighted by Gasteiger charge is -2.13. The second kappa shape index (κ2) is 10.4. The number of imidazole rings is 1. The Balaban J connectivity index is 1.57. The molecule has 0 atom stereocenters. The first-order chi connectivity index (χ1) is 14.6. The third kappa shape index (κ3) is 5.37. The van der Waals surface area contributed by atoms with Gasteiger partial charge < -0.3 is 20.5 Å². The van der Waals surface area contributed by atoms with Crippen LogP contribution in [0.3, 0.4) is 0 Å².